The van der Waals surface area contributed by atoms with E-state index in [-0.39, 0.29) is 16.9 Å². The minimum Gasteiger partial charge on any atom is -0.414 e. The van der Waals surface area contributed by atoms with E-state index in [4.69, 9.17) is 28.1 Å². The average Bonchev–Trinajstić information content (AvgIpc) is 3.11. The van der Waals surface area contributed by atoms with E-state index in [1.165, 1.54) is 25.0 Å². The Morgan fingerprint density at radius 3 is 2.12 bits per heavy atom. The quantitative estimate of drug-likeness (QED) is 0.137. The van der Waals surface area contributed by atoms with Crippen molar-refractivity contribution in [2.45, 2.75) is 136 Å². The first-order chi connectivity index (χ1) is 19.3. The Balaban J connectivity index is 1.82. The van der Waals surface area contributed by atoms with Crippen molar-refractivity contribution in [1.29, 1.82) is 0 Å². The Labute approximate surface area is 260 Å². The van der Waals surface area contributed by atoms with Crippen LogP contribution in [0.4, 0.5) is 0 Å². The number of hydrogen-bond acceptors (Lipinski definition) is 7. The Kier molecular flexibility index (Phi) is 9.82. The van der Waals surface area contributed by atoms with Crippen molar-refractivity contribution in [1.82, 2.24) is 0 Å². The summed E-state index contributed by atoms with van der Waals surface area (Å²) in [7, 11) is -2.27. The van der Waals surface area contributed by atoms with Crippen molar-refractivity contribution >= 4 is 36.4 Å². The molecule has 0 radical (unpaired) electrons. The van der Waals surface area contributed by atoms with Gasteiger partial charge in [-0.1, -0.05) is 24.2 Å². The van der Waals surface area contributed by atoms with E-state index in [0.717, 1.165) is 37.8 Å². The summed E-state index contributed by atoms with van der Waals surface area (Å²) in [5, 5.41) is 9.19. The summed E-state index contributed by atoms with van der Waals surface area (Å²) in [6.45, 7) is 26.4. The number of rotatable bonds is 10. The fraction of sp³-hybridized carbons (Fsp3) is 0.938. The van der Waals surface area contributed by atoms with Gasteiger partial charge in [0.05, 0.1) is 12.3 Å². The summed E-state index contributed by atoms with van der Waals surface area (Å²) >= 11 is 0. The maximum Gasteiger partial charge on any atom is 0.185 e. The molecule has 8 atom stereocenters. The summed E-state index contributed by atoms with van der Waals surface area (Å²) in [6.07, 6.45) is 9.13. The van der Waals surface area contributed by atoms with Gasteiger partial charge in [0.25, 0.3) is 0 Å². The summed E-state index contributed by atoms with van der Waals surface area (Å²) in [5.41, 5.74) is 1.83. The lowest BCUT2D eigenvalue weighted by atomic mass is 9.43. The second-order valence-electron chi connectivity index (χ2n) is 17.2. The summed E-state index contributed by atoms with van der Waals surface area (Å²) in [6, 6.07) is 0. The molecule has 10 heteroatoms. The molecule has 0 aromatic heterocycles. The van der Waals surface area contributed by atoms with Crippen LogP contribution in [-0.2, 0) is 23.0 Å². The average molecular weight is 639 g/mol. The maximum absolute atomic E-state index is 7.46. The molecule has 4 fully saturated rings. The predicted octanol–water partition coefficient (Wildman–Crippen LogP) is 8.31. The van der Waals surface area contributed by atoms with Crippen LogP contribution in [-0.4, -0.2) is 68.9 Å². The van der Waals surface area contributed by atoms with Crippen molar-refractivity contribution in [3.8, 4) is 0 Å². The lowest BCUT2D eigenvalue weighted by Crippen LogP contribution is -2.66. The molecule has 0 aromatic carbocycles. The van der Waals surface area contributed by atoms with E-state index in [1.54, 1.807) is 14.2 Å². The number of fused-ring (bicyclic) bond motifs is 5. The van der Waals surface area contributed by atoms with Gasteiger partial charge in [0.2, 0.25) is 0 Å². The third kappa shape index (κ3) is 6.69. The SMILES string of the molecule is CON=C1CCC2(C)C(CCC3C2C(O[Si](C)(C)C)CC2(C)C3CCC2(O[Si](C)(C)C)C(CO[Si](C)(C)C)=NOC)C1. The molecule has 7 nitrogen and oxygen atoms in total. The van der Waals surface area contributed by atoms with Gasteiger partial charge in [0.15, 0.2) is 25.0 Å². The van der Waals surface area contributed by atoms with Crippen LogP contribution in [0.15, 0.2) is 10.3 Å². The summed E-state index contributed by atoms with van der Waals surface area (Å²) in [5.74, 6) is 2.36. The molecule has 4 aliphatic carbocycles. The third-order valence-corrected chi connectivity index (χ3v) is 14.0. The van der Waals surface area contributed by atoms with Crippen LogP contribution in [0.3, 0.4) is 0 Å². The standard InChI is InChI=1S/C32H62N2O5Si3/c1-30-18-16-24(33-35-3)20-23(30)14-15-25-26-17-19-32(39-42(11,12)13,28(34-36-4)22-37-40(5,6)7)31(26,2)21-27(29(25)30)38-41(8,9)10/h23,25-27,29H,14-22H2,1-13H3. The smallest absolute Gasteiger partial charge is 0.185 e. The van der Waals surface area contributed by atoms with Crippen LogP contribution >= 0.6 is 0 Å². The highest BCUT2D eigenvalue weighted by molar-refractivity contribution is 6.70. The van der Waals surface area contributed by atoms with Crippen LogP contribution < -0.4 is 0 Å². The molecular weight excluding hydrogens is 577 g/mol. The molecule has 0 amide bonds. The first kappa shape index (κ1) is 34.3. The molecule has 0 heterocycles. The number of oxime groups is 2. The van der Waals surface area contributed by atoms with Crippen molar-refractivity contribution in [3.63, 3.8) is 0 Å². The zero-order valence-corrected chi connectivity index (χ0v) is 32.2. The molecule has 0 saturated heterocycles. The van der Waals surface area contributed by atoms with E-state index in [2.05, 4.69) is 77.9 Å². The van der Waals surface area contributed by atoms with Crippen LogP contribution in [0.1, 0.15) is 65.2 Å². The van der Waals surface area contributed by atoms with E-state index >= 15 is 0 Å². The van der Waals surface area contributed by atoms with E-state index < -0.39 is 30.6 Å². The normalized spacial score (nSPS) is 40.4. The van der Waals surface area contributed by atoms with Gasteiger partial charge >= 0.3 is 0 Å². The number of hydrogen-bond donors (Lipinski definition) is 0. The summed E-state index contributed by atoms with van der Waals surface area (Å²) < 4.78 is 21.4. The molecule has 42 heavy (non-hydrogen) atoms. The second kappa shape index (κ2) is 12.0. The minimum atomic E-state index is -1.99. The fourth-order valence-electron chi connectivity index (χ4n) is 9.75. The van der Waals surface area contributed by atoms with Gasteiger partial charge < -0.3 is 23.0 Å². The van der Waals surface area contributed by atoms with Crippen LogP contribution in [0, 0.1) is 34.5 Å². The van der Waals surface area contributed by atoms with Gasteiger partial charge in [0.1, 0.15) is 25.5 Å². The molecule has 0 spiro atoms. The highest BCUT2D eigenvalue weighted by Gasteiger charge is 2.70. The molecule has 242 valence electrons. The first-order valence-electron chi connectivity index (χ1n) is 16.5. The van der Waals surface area contributed by atoms with Gasteiger partial charge in [-0.3, -0.25) is 0 Å². The molecule has 0 bridgehead atoms. The van der Waals surface area contributed by atoms with Gasteiger partial charge in [-0.2, -0.15) is 0 Å². The van der Waals surface area contributed by atoms with Crippen molar-refractivity contribution < 1.29 is 23.0 Å². The molecule has 4 aliphatic rings. The Hall–Kier alpha value is -0.529. The summed E-state index contributed by atoms with van der Waals surface area (Å²) in [4.78, 5) is 10.8. The molecular formula is C32H62N2O5Si3. The topological polar surface area (TPSA) is 70.9 Å². The molecule has 0 N–H and O–H groups in total. The largest absolute Gasteiger partial charge is 0.414 e. The van der Waals surface area contributed by atoms with Crippen LogP contribution in [0.5, 0.6) is 0 Å². The van der Waals surface area contributed by atoms with E-state index in [1.807, 2.05) is 0 Å². The van der Waals surface area contributed by atoms with Gasteiger partial charge in [-0.25, -0.2) is 0 Å². The molecule has 0 aromatic rings. The lowest BCUT2D eigenvalue weighted by molar-refractivity contribution is -0.171. The molecule has 8 unspecified atom stereocenters. The molecule has 0 aliphatic heterocycles. The minimum absolute atomic E-state index is 0.112. The van der Waals surface area contributed by atoms with Crippen molar-refractivity contribution in [2.24, 2.45) is 44.8 Å². The zero-order valence-electron chi connectivity index (χ0n) is 29.2. The number of nitrogens with zero attached hydrogens (tertiary/aromatic N) is 2. The van der Waals surface area contributed by atoms with Crippen LogP contribution in [0.25, 0.3) is 0 Å². The van der Waals surface area contributed by atoms with Crippen LogP contribution in [0.2, 0.25) is 58.9 Å². The fourth-order valence-corrected chi connectivity index (χ4v) is 13.0. The van der Waals surface area contributed by atoms with Gasteiger partial charge in [0, 0.05) is 11.5 Å². The predicted molar refractivity (Wildman–Crippen MR) is 181 cm³/mol. The monoisotopic (exact) mass is 638 g/mol. The Bertz CT molecular complexity index is 1030. The van der Waals surface area contributed by atoms with Gasteiger partial charge in [-0.15, -0.1) is 0 Å². The third-order valence-electron chi connectivity index (χ3n) is 11.0. The van der Waals surface area contributed by atoms with E-state index in [0.29, 0.717) is 30.3 Å². The Morgan fingerprint density at radius 2 is 1.55 bits per heavy atom. The van der Waals surface area contributed by atoms with E-state index in [9.17, 15) is 0 Å². The molecule has 4 rings (SSSR count). The molecule has 4 saturated carbocycles. The Morgan fingerprint density at radius 1 is 0.857 bits per heavy atom. The van der Waals surface area contributed by atoms with Crippen molar-refractivity contribution in [3.05, 3.63) is 0 Å². The van der Waals surface area contributed by atoms with Crippen molar-refractivity contribution in [2.75, 3.05) is 20.8 Å². The van der Waals surface area contributed by atoms with Gasteiger partial charge in [-0.05, 0) is 139 Å². The lowest BCUT2D eigenvalue weighted by Gasteiger charge is -2.64. The second-order valence-corrected chi connectivity index (χ2v) is 30.6. The first-order valence-corrected chi connectivity index (χ1v) is 26.7. The highest BCUT2D eigenvalue weighted by atomic mass is 28.4. The zero-order chi connectivity index (χ0) is 31.4. The maximum atomic E-state index is 7.46. The highest BCUT2D eigenvalue weighted by Crippen LogP contribution is 2.70.